The fraction of sp³-hybridized carbons (Fsp3) is 0.0625. The van der Waals surface area contributed by atoms with Crippen molar-refractivity contribution in [1.82, 2.24) is 10.4 Å². The predicted octanol–water partition coefficient (Wildman–Crippen LogP) is 2.98. The van der Waals surface area contributed by atoms with Crippen LogP contribution in [-0.2, 0) is 4.79 Å². The SMILES string of the molecule is O=C1NN(c2ccc(Cl)nc2)CC(O)=C1C(=S)Nc1ccc(F)cc1. The van der Waals surface area contributed by atoms with Crippen LogP contribution >= 0.6 is 23.8 Å². The summed E-state index contributed by atoms with van der Waals surface area (Å²) in [6, 6.07) is 8.70. The predicted molar refractivity (Wildman–Crippen MR) is 97.0 cm³/mol. The quantitative estimate of drug-likeness (QED) is 0.563. The number of anilines is 2. The highest BCUT2D eigenvalue weighted by Crippen LogP contribution is 2.20. The molecule has 1 aliphatic rings. The fourth-order valence-corrected chi connectivity index (χ4v) is 2.66. The second kappa shape index (κ2) is 7.04. The van der Waals surface area contributed by atoms with Crippen molar-refractivity contribution in [2.45, 2.75) is 0 Å². The van der Waals surface area contributed by atoms with Gasteiger partial charge in [-0.05, 0) is 36.4 Å². The molecule has 9 heteroatoms. The largest absolute Gasteiger partial charge is 0.509 e. The van der Waals surface area contributed by atoms with Gasteiger partial charge in [-0.1, -0.05) is 23.8 Å². The first kappa shape index (κ1) is 17.1. The van der Waals surface area contributed by atoms with Crippen LogP contribution in [0.3, 0.4) is 0 Å². The lowest BCUT2D eigenvalue weighted by molar-refractivity contribution is -0.117. The third kappa shape index (κ3) is 3.86. The van der Waals surface area contributed by atoms with E-state index in [0.717, 1.165) is 0 Å². The third-order valence-corrected chi connectivity index (χ3v) is 3.94. The highest BCUT2D eigenvalue weighted by atomic mass is 35.5. The van der Waals surface area contributed by atoms with Gasteiger partial charge in [0.1, 0.15) is 27.3 Å². The number of aliphatic hydroxyl groups is 1. The molecule has 25 heavy (non-hydrogen) atoms. The summed E-state index contributed by atoms with van der Waals surface area (Å²) in [5.74, 6) is -1.15. The van der Waals surface area contributed by atoms with E-state index in [9.17, 15) is 14.3 Å². The molecule has 6 nitrogen and oxygen atoms in total. The molecule has 1 aliphatic heterocycles. The first-order valence-electron chi connectivity index (χ1n) is 7.13. The number of aromatic nitrogens is 1. The number of hydrogen-bond acceptors (Lipinski definition) is 5. The van der Waals surface area contributed by atoms with Gasteiger partial charge in [-0.2, -0.15) is 0 Å². The minimum Gasteiger partial charge on any atom is -0.509 e. The van der Waals surface area contributed by atoms with Crippen molar-refractivity contribution in [3.63, 3.8) is 0 Å². The average Bonchev–Trinajstić information content (AvgIpc) is 2.57. The number of hydrazine groups is 1. The van der Waals surface area contributed by atoms with Gasteiger partial charge in [-0.25, -0.2) is 9.37 Å². The standard InChI is InChI=1S/C16H12ClFN4O2S/c17-13-6-5-11(7-19-13)22-8-12(23)14(15(24)21-22)16(25)20-10-3-1-9(18)2-4-10/h1-7,23H,8H2,(H,20,25)(H,21,24). The van der Waals surface area contributed by atoms with Crippen molar-refractivity contribution in [3.05, 3.63) is 64.9 Å². The number of aliphatic hydroxyl groups excluding tert-OH is 1. The maximum Gasteiger partial charge on any atom is 0.276 e. The number of pyridine rings is 1. The number of nitrogens with one attached hydrogen (secondary N) is 2. The number of thiocarbonyl (C=S) groups is 1. The molecule has 128 valence electrons. The minimum atomic E-state index is -0.571. The minimum absolute atomic E-state index is 0.00955. The lowest BCUT2D eigenvalue weighted by atomic mass is 10.1. The van der Waals surface area contributed by atoms with Crippen LogP contribution in [0.15, 0.2) is 53.9 Å². The molecule has 0 aliphatic carbocycles. The Kier molecular flexibility index (Phi) is 4.82. The van der Waals surface area contributed by atoms with Crippen LogP contribution in [0.2, 0.25) is 5.15 Å². The van der Waals surface area contributed by atoms with Gasteiger partial charge in [0.2, 0.25) is 0 Å². The molecule has 0 saturated heterocycles. The molecule has 0 atom stereocenters. The smallest absolute Gasteiger partial charge is 0.276 e. The van der Waals surface area contributed by atoms with Gasteiger partial charge < -0.3 is 10.4 Å². The van der Waals surface area contributed by atoms with Gasteiger partial charge in [0.05, 0.1) is 18.4 Å². The summed E-state index contributed by atoms with van der Waals surface area (Å²) >= 11 is 10.9. The second-order valence-corrected chi connectivity index (χ2v) is 5.94. The van der Waals surface area contributed by atoms with Crippen molar-refractivity contribution in [2.24, 2.45) is 0 Å². The lowest BCUT2D eigenvalue weighted by Crippen LogP contribution is -2.50. The second-order valence-electron chi connectivity index (χ2n) is 5.15. The van der Waals surface area contributed by atoms with E-state index >= 15 is 0 Å². The highest BCUT2D eigenvalue weighted by molar-refractivity contribution is 7.81. The Morgan fingerprint density at radius 3 is 2.64 bits per heavy atom. The van der Waals surface area contributed by atoms with E-state index in [4.69, 9.17) is 23.8 Å². The molecule has 0 saturated carbocycles. The highest BCUT2D eigenvalue weighted by Gasteiger charge is 2.28. The van der Waals surface area contributed by atoms with Crippen LogP contribution in [0.25, 0.3) is 0 Å². The molecule has 0 spiro atoms. The van der Waals surface area contributed by atoms with Crippen LogP contribution in [0.5, 0.6) is 0 Å². The van der Waals surface area contributed by atoms with E-state index in [1.54, 1.807) is 12.1 Å². The van der Waals surface area contributed by atoms with E-state index in [1.807, 2.05) is 0 Å². The van der Waals surface area contributed by atoms with Gasteiger partial charge in [-0.15, -0.1) is 0 Å². The lowest BCUT2D eigenvalue weighted by Gasteiger charge is -2.30. The molecule has 0 fully saturated rings. The van der Waals surface area contributed by atoms with Gasteiger partial charge >= 0.3 is 0 Å². The average molecular weight is 379 g/mol. The number of carbonyl (C=O) groups is 1. The normalized spacial score (nSPS) is 14.3. The molecular weight excluding hydrogens is 367 g/mol. The Bertz CT molecular complexity index is 855. The van der Waals surface area contributed by atoms with E-state index < -0.39 is 5.91 Å². The number of carbonyl (C=O) groups excluding carboxylic acids is 1. The van der Waals surface area contributed by atoms with Crippen LogP contribution in [0.4, 0.5) is 15.8 Å². The number of rotatable bonds is 3. The molecule has 0 radical (unpaired) electrons. The van der Waals surface area contributed by atoms with Crippen molar-refractivity contribution in [2.75, 3.05) is 16.9 Å². The van der Waals surface area contributed by atoms with Gasteiger partial charge in [0.15, 0.2) is 0 Å². The van der Waals surface area contributed by atoms with Gasteiger partial charge in [0.25, 0.3) is 5.91 Å². The first-order chi connectivity index (χ1) is 11.9. The van der Waals surface area contributed by atoms with Crippen LogP contribution in [0.1, 0.15) is 0 Å². The number of benzene rings is 1. The molecule has 0 unspecified atom stereocenters. The maximum atomic E-state index is 12.9. The number of halogens is 2. The molecule has 3 rings (SSSR count). The summed E-state index contributed by atoms with van der Waals surface area (Å²) < 4.78 is 12.9. The summed E-state index contributed by atoms with van der Waals surface area (Å²) in [5, 5.41) is 14.8. The summed E-state index contributed by atoms with van der Waals surface area (Å²) in [6.45, 7) is 0.00955. The van der Waals surface area contributed by atoms with Crippen molar-refractivity contribution in [3.8, 4) is 0 Å². The topological polar surface area (TPSA) is 77.5 Å². The van der Waals surface area contributed by atoms with Crippen molar-refractivity contribution >= 4 is 46.1 Å². The molecule has 2 heterocycles. The van der Waals surface area contributed by atoms with Gasteiger partial charge in [0, 0.05) is 5.69 Å². The van der Waals surface area contributed by atoms with Crippen LogP contribution < -0.4 is 15.8 Å². The first-order valence-corrected chi connectivity index (χ1v) is 7.92. The van der Waals surface area contributed by atoms with E-state index in [-0.39, 0.29) is 28.7 Å². The Morgan fingerprint density at radius 2 is 2.04 bits per heavy atom. The molecule has 1 amide bonds. The summed E-state index contributed by atoms with van der Waals surface area (Å²) in [5.41, 5.74) is 3.63. The van der Waals surface area contributed by atoms with Crippen LogP contribution in [-0.4, -0.2) is 27.5 Å². The van der Waals surface area contributed by atoms with E-state index in [2.05, 4.69) is 15.7 Å². The molecule has 3 N–H and O–H groups in total. The zero-order valence-electron chi connectivity index (χ0n) is 12.7. The van der Waals surface area contributed by atoms with Crippen molar-refractivity contribution < 1.29 is 14.3 Å². The Morgan fingerprint density at radius 1 is 1.32 bits per heavy atom. The molecular formula is C16H12ClFN4O2S. The van der Waals surface area contributed by atoms with E-state index in [1.165, 1.54) is 35.5 Å². The molecule has 1 aromatic carbocycles. The van der Waals surface area contributed by atoms with Crippen LogP contribution in [0, 0.1) is 5.82 Å². The molecule has 0 bridgehead atoms. The zero-order chi connectivity index (χ0) is 18.0. The zero-order valence-corrected chi connectivity index (χ0v) is 14.2. The number of amides is 1. The fourth-order valence-electron chi connectivity index (χ4n) is 2.22. The summed E-state index contributed by atoms with van der Waals surface area (Å²) in [6.07, 6.45) is 1.47. The maximum absolute atomic E-state index is 12.9. The third-order valence-electron chi connectivity index (χ3n) is 3.41. The van der Waals surface area contributed by atoms with Gasteiger partial charge in [-0.3, -0.25) is 15.2 Å². The Labute approximate surface area is 152 Å². The summed E-state index contributed by atoms with van der Waals surface area (Å²) in [7, 11) is 0. The molecule has 2 aromatic rings. The number of hydrogen-bond donors (Lipinski definition) is 3. The number of nitrogens with zero attached hydrogens (tertiary/aromatic N) is 2. The van der Waals surface area contributed by atoms with Crippen molar-refractivity contribution in [1.29, 1.82) is 0 Å². The Hall–Kier alpha value is -2.71. The Balaban J connectivity index is 1.78. The van der Waals surface area contributed by atoms with E-state index in [0.29, 0.717) is 16.5 Å². The summed E-state index contributed by atoms with van der Waals surface area (Å²) in [4.78, 5) is 16.3. The molecule has 1 aromatic heterocycles. The monoisotopic (exact) mass is 378 g/mol.